The average Bonchev–Trinajstić information content (AvgIpc) is 2.84. The summed E-state index contributed by atoms with van der Waals surface area (Å²) in [6.45, 7) is 5.38. The molecule has 0 unspecified atom stereocenters. The second-order valence-corrected chi connectivity index (χ2v) is 4.63. The lowest BCUT2D eigenvalue weighted by Gasteiger charge is -2.01. The molecular weight excluding hydrogens is 250 g/mol. The lowest BCUT2D eigenvalue weighted by atomic mass is 10.2. The van der Waals surface area contributed by atoms with E-state index < -0.39 is 0 Å². The van der Waals surface area contributed by atoms with E-state index in [1.165, 1.54) is 11.8 Å². The highest BCUT2D eigenvalue weighted by Gasteiger charge is 2.00. The van der Waals surface area contributed by atoms with Crippen LogP contribution in [0.15, 0.2) is 48.7 Å². The molecule has 0 aliphatic rings. The van der Waals surface area contributed by atoms with E-state index in [9.17, 15) is 4.79 Å². The Kier molecular flexibility index (Phi) is 4.77. The number of benzene rings is 1. The molecule has 1 heterocycles. The van der Waals surface area contributed by atoms with Crippen molar-refractivity contribution in [2.45, 2.75) is 27.0 Å². The van der Waals surface area contributed by atoms with Gasteiger partial charge in [-0.05, 0) is 37.1 Å². The summed E-state index contributed by atoms with van der Waals surface area (Å²) in [5.41, 5.74) is 3.19. The van der Waals surface area contributed by atoms with Crippen LogP contribution in [0.4, 0.5) is 0 Å². The van der Waals surface area contributed by atoms with Crippen LogP contribution in [0, 0.1) is 6.92 Å². The van der Waals surface area contributed by atoms with Crippen molar-refractivity contribution in [3.8, 4) is 0 Å². The Morgan fingerprint density at radius 2 is 2.05 bits per heavy atom. The maximum atomic E-state index is 11.6. The number of nitrogens with zero attached hydrogens (tertiary/aromatic N) is 1. The number of aryl methyl sites for hydroxylation is 2. The third kappa shape index (κ3) is 3.85. The number of hydrogen-bond acceptors (Lipinski definition) is 2. The summed E-state index contributed by atoms with van der Waals surface area (Å²) < 4.78 is 7.31. The number of carbonyl (C=O) groups excluding carboxylic acids is 1. The summed E-state index contributed by atoms with van der Waals surface area (Å²) >= 11 is 0. The zero-order chi connectivity index (χ0) is 14.4. The Balaban J connectivity index is 1.89. The number of ether oxygens (including phenoxy) is 1. The van der Waals surface area contributed by atoms with Crippen LogP contribution < -0.4 is 0 Å². The molecule has 104 valence electrons. The van der Waals surface area contributed by atoms with Gasteiger partial charge in [0, 0.05) is 24.5 Å². The lowest BCUT2D eigenvalue weighted by Crippen LogP contribution is -2.00. The second-order valence-electron chi connectivity index (χ2n) is 4.63. The monoisotopic (exact) mass is 269 g/mol. The van der Waals surface area contributed by atoms with Crippen molar-refractivity contribution in [1.82, 2.24) is 4.57 Å². The number of aromatic nitrogens is 1. The van der Waals surface area contributed by atoms with Crippen LogP contribution in [0.3, 0.4) is 0 Å². The standard InChI is InChI=1S/C17H19NO2/c1-3-18-12-16(11-14(18)2)9-10-17(19)20-13-15-7-5-4-6-8-15/h4-12H,3,13H2,1-2H3/b10-9+. The van der Waals surface area contributed by atoms with E-state index in [2.05, 4.69) is 18.4 Å². The minimum absolute atomic E-state index is 0.305. The van der Waals surface area contributed by atoms with Crippen LogP contribution in [0.1, 0.15) is 23.7 Å². The third-order valence-corrected chi connectivity index (χ3v) is 3.11. The van der Waals surface area contributed by atoms with Gasteiger partial charge in [0.1, 0.15) is 6.61 Å². The molecule has 0 amide bonds. The van der Waals surface area contributed by atoms with Gasteiger partial charge in [0.2, 0.25) is 0 Å². The van der Waals surface area contributed by atoms with E-state index in [0.29, 0.717) is 6.61 Å². The molecule has 3 nitrogen and oxygen atoms in total. The van der Waals surface area contributed by atoms with Crippen molar-refractivity contribution in [1.29, 1.82) is 0 Å². The van der Waals surface area contributed by atoms with Crippen LogP contribution in [-0.4, -0.2) is 10.5 Å². The van der Waals surface area contributed by atoms with E-state index >= 15 is 0 Å². The number of hydrogen-bond donors (Lipinski definition) is 0. The molecule has 2 rings (SSSR count). The first-order valence-corrected chi connectivity index (χ1v) is 6.74. The Labute approximate surface area is 119 Å². The lowest BCUT2D eigenvalue weighted by molar-refractivity contribution is -0.138. The molecule has 0 spiro atoms. The molecule has 0 atom stereocenters. The third-order valence-electron chi connectivity index (χ3n) is 3.11. The number of esters is 1. The summed E-state index contributed by atoms with van der Waals surface area (Å²) in [5.74, 6) is -0.323. The zero-order valence-electron chi connectivity index (χ0n) is 11.9. The van der Waals surface area contributed by atoms with Crippen LogP contribution in [-0.2, 0) is 22.7 Å². The predicted molar refractivity (Wildman–Crippen MR) is 80.1 cm³/mol. The summed E-state index contributed by atoms with van der Waals surface area (Å²) in [7, 11) is 0. The fourth-order valence-electron chi connectivity index (χ4n) is 2.02. The molecule has 0 aliphatic heterocycles. The molecule has 0 radical (unpaired) electrons. The van der Waals surface area contributed by atoms with E-state index in [0.717, 1.165) is 17.7 Å². The fraction of sp³-hybridized carbons (Fsp3) is 0.235. The molecule has 20 heavy (non-hydrogen) atoms. The molecule has 1 aromatic heterocycles. The van der Waals surface area contributed by atoms with Crippen LogP contribution in [0.2, 0.25) is 0 Å². The number of carbonyl (C=O) groups is 1. The van der Waals surface area contributed by atoms with E-state index in [1.807, 2.05) is 42.6 Å². The maximum Gasteiger partial charge on any atom is 0.331 e. The molecule has 2 aromatic rings. The summed E-state index contributed by atoms with van der Waals surface area (Å²) in [6, 6.07) is 11.7. The number of rotatable bonds is 5. The topological polar surface area (TPSA) is 31.2 Å². The minimum atomic E-state index is -0.323. The van der Waals surface area contributed by atoms with Gasteiger partial charge in [0.25, 0.3) is 0 Å². The van der Waals surface area contributed by atoms with Crippen molar-refractivity contribution >= 4 is 12.0 Å². The van der Waals surface area contributed by atoms with Gasteiger partial charge in [0.05, 0.1) is 0 Å². The van der Waals surface area contributed by atoms with Gasteiger partial charge < -0.3 is 9.30 Å². The maximum absolute atomic E-state index is 11.6. The molecule has 0 saturated heterocycles. The second kappa shape index (κ2) is 6.75. The van der Waals surface area contributed by atoms with Crippen LogP contribution in [0.25, 0.3) is 6.08 Å². The van der Waals surface area contributed by atoms with Gasteiger partial charge in [-0.2, -0.15) is 0 Å². The van der Waals surface area contributed by atoms with E-state index in [-0.39, 0.29) is 5.97 Å². The Hall–Kier alpha value is -2.29. The van der Waals surface area contributed by atoms with Gasteiger partial charge in [-0.25, -0.2) is 4.79 Å². The summed E-state index contributed by atoms with van der Waals surface area (Å²) in [5, 5.41) is 0. The zero-order valence-corrected chi connectivity index (χ0v) is 11.9. The first kappa shape index (κ1) is 14.1. The largest absolute Gasteiger partial charge is 0.458 e. The Bertz CT molecular complexity index is 597. The van der Waals surface area contributed by atoms with Crippen molar-refractivity contribution in [2.75, 3.05) is 0 Å². The van der Waals surface area contributed by atoms with E-state index in [1.54, 1.807) is 6.08 Å². The minimum Gasteiger partial charge on any atom is -0.458 e. The molecule has 0 N–H and O–H groups in total. The smallest absolute Gasteiger partial charge is 0.331 e. The normalized spacial score (nSPS) is 10.9. The highest BCUT2D eigenvalue weighted by Crippen LogP contribution is 2.09. The fourth-order valence-corrected chi connectivity index (χ4v) is 2.02. The quantitative estimate of drug-likeness (QED) is 0.613. The first-order valence-electron chi connectivity index (χ1n) is 6.74. The summed E-state index contributed by atoms with van der Waals surface area (Å²) in [6.07, 6.45) is 5.28. The van der Waals surface area contributed by atoms with Crippen molar-refractivity contribution in [3.05, 3.63) is 65.5 Å². The van der Waals surface area contributed by atoms with Crippen LogP contribution in [0.5, 0.6) is 0 Å². The molecule has 3 heteroatoms. The van der Waals surface area contributed by atoms with Gasteiger partial charge in [-0.3, -0.25) is 0 Å². The van der Waals surface area contributed by atoms with E-state index in [4.69, 9.17) is 4.74 Å². The van der Waals surface area contributed by atoms with Gasteiger partial charge in [-0.1, -0.05) is 30.3 Å². The van der Waals surface area contributed by atoms with Crippen molar-refractivity contribution in [3.63, 3.8) is 0 Å². The van der Waals surface area contributed by atoms with Crippen molar-refractivity contribution in [2.24, 2.45) is 0 Å². The van der Waals surface area contributed by atoms with Crippen LogP contribution >= 0.6 is 0 Å². The molecular formula is C17H19NO2. The Morgan fingerprint density at radius 1 is 1.30 bits per heavy atom. The average molecular weight is 269 g/mol. The summed E-state index contributed by atoms with van der Waals surface area (Å²) in [4.78, 5) is 11.6. The van der Waals surface area contributed by atoms with Crippen molar-refractivity contribution < 1.29 is 9.53 Å². The van der Waals surface area contributed by atoms with Gasteiger partial charge >= 0.3 is 5.97 Å². The van der Waals surface area contributed by atoms with Gasteiger partial charge in [0.15, 0.2) is 0 Å². The predicted octanol–water partition coefficient (Wildman–Crippen LogP) is 3.57. The highest BCUT2D eigenvalue weighted by molar-refractivity contribution is 5.87. The van der Waals surface area contributed by atoms with Gasteiger partial charge in [-0.15, -0.1) is 0 Å². The molecule has 0 bridgehead atoms. The molecule has 0 saturated carbocycles. The first-order chi connectivity index (χ1) is 9.69. The highest BCUT2D eigenvalue weighted by atomic mass is 16.5. The molecule has 0 fully saturated rings. The Morgan fingerprint density at radius 3 is 2.70 bits per heavy atom. The molecule has 0 aliphatic carbocycles. The SMILES string of the molecule is CCn1cc(/C=C/C(=O)OCc2ccccc2)cc1C. The molecule has 1 aromatic carbocycles.